The van der Waals surface area contributed by atoms with Crippen molar-refractivity contribution in [3.8, 4) is 0 Å². The van der Waals surface area contributed by atoms with Crippen molar-refractivity contribution in [2.75, 3.05) is 6.54 Å². The molecule has 1 aromatic carbocycles. The van der Waals surface area contributed by atoms with Crippen LogP contribution in [0.4, 0.5) is 13.2 Å². The van der Waals surface area contributed by atoms with E-state index in [9.17, 15) is 13.2 Å². The Morgan fingerprint density at radius 2 is 1.63 bits per heavy atom. The van der Waals surface area contributed by atoms with Crippen molar-refractivity contribution in [2.45, 2.75) is 38.9 Å². The van der Waals surface area contributed by atoms with Crippen molar-refractivity contribution in [1.82, 2.24) is 5.32 Å². The van der Waals surface area contributed by atoms with Crippen LogP contribution < -0.4 is 5.32 Å². The molecular formula is C15H20F3N. The largest absolute Gasteiger partial charge is 0.416 e. The summed E-state index contributed by atoms with van der Waals surface area (Å²) in [6, 6.07) is 5.17. The topological polar surface area (TPSA) is 12.0 Å². The smallest absolute Gasteiger partial charge is 0.312 e. The fourth-order valence-corrected chi connectivity index (χ4v) is 1.53. The van der Waals surface area contributed by atoms with Gasteiger partial charge in [-0.3, -0.25) is 0 Å². The molecule has 4 heteroatoms. The molecule has 0 bridgehead atoms. The van der Waals surface area contributed by atoms with Crippen molar-refractivity contribution in [1.29, 1.82) is 0 Å². The van der Waals surface area contributed by atoms with E-state index in [0.29, 0.717) is 0 Å². The maximum atomic E-state index is 12.4. The van der Waals surface area contributed by atoms with Crippen molar-refractivity contribution in [3.05, 3.63) is 41.5 Å². The highest BCUT2D eigenvalue weighted by molar-refractivity contribution is 5.49. The normalized spacial score (nSPS) is 13.2. The first kappa shape index (κ1) is 15.8. The fourth-order valence-electron chi connectivity index (χ4n) is 1.53. The van der Waals surface area contributed by atoms with Crippen LogP contribution in [0.25, 0.3) is 6.08 Å². The Bertz CT molecular complexity index is 411. The molecule has 106 valence electrons. The van der Waals surface area contributed by atoms with Crippen molar-refractivity contribution < 1.29 is 13.2 Å². The number of hydrogen-bond acceptors (Lipinski definition) is 1. The van der Waals surface area contributed by atoms with E-state index in [1.807, 2.05) is 12.2 Å². The molecule has 0 saturated heterocycles. The van der Waals surface area contributed by atoms with Gasteiger partial charge in [0, 0.05) is 5.54 Å². The van der Waals surface area contributed by atoms with Gasteiger partial charge in [-0.15, -0.1) is 0 Å². The van der Waals surface area contributed by atoms with Crippen molar-refractivity contribution in [3.63, 3.8) is 0 Å². The summed E-state index contributed by atoms with van der Waals surface area (Å²) in [5.41, 5.74) is 0.255. The molecule has 0 fully saturated rings. The van der Waals surface area contributed by atoms with Crippen LogP contribution in [0.15, 0.2) is 30.3 Å². The second-order valence-electron chi connectivity index (χ2n) is 5.49. The third-order valence-electron chi connectivity index (χ3n) is 2.51. The Kier molecular flexibility index (Phi) is 5.18. The van der Waals surface area contributed by atoms with Gasteiger partial charge in [0.05, 0.1) is 5.56 Å². The summed E-state index contributed by atoms with van der Waals surface area (Å²) < 4.78 is 37.1. The van der Waals surface area contributed by atoms with Gasteiger partial charge in [0.25, 0.3) is 0 Å². The van der Waals surface area contributed by atoms with Gasteiger partial charge in [-0.2, -0.15) is 13.2 Å². The lowest BCUT2D eigenvalue weighted by Gasteiger charge is -2.19. The van der Waals surface area contributed by atoms with Gasteiger partial charge in [0.15, 0.2) is 0 Å². The summed E-state index contributed by atoms with van der Waals surface area (Å²) in [5.74, 6) is 0. The highest BCUT2D eigenvalue weighted by Crippen LogP contribution is 2.29. The van der Waals surface area contributed by atoms with Crippen LogP contribution in [0.5, 0.6) is 0 Å². The Morgan fingerprint density at radius 1 is 1.05 bits per heavy atom. The van der Waals surface area contributed by atoms with Crippen molar-refractivity contribution >= 4 is 6.08 Å². The van der Waals surface area contributed by atoms with Gasteiger partial charge >= 0.3 is 6.18 Å². The predicted octanol–water partition coefficient (Wildman–Crippen LogP) is 4.50. The van der Waals surface area contributed by atoms with Gasteiger partial charge in [-0.05, 0) is 51.4 Å². The molecule has 0 spiro atoms. The first-order valence-corrected chi connectivity index (χ1v) is 6.27. The molecular weight excluding hydrogens is 251 g/mol. The van der Waals surface area contributed by atoms with Crippen LogP contribution in [0.1, 0.15) is 38.3 Å². The number of benzene rings is 1. The van der Waals surface area contributed by atoms with Gasteiger partial charge in [0.1, 0.15) is 0 Å². The average molecular weight is 271 g/mol. The van der Waals surface area contributed by atoms with E-state index in [1.165, 1.54) is 12.1 Å². The number of rotatable bonds is 4. The van der Waals surface area contributed by atoms with Gasteiger partial charge in [0.2, 0.25) is 0 Å². The van der Waals surface area contributed by atoms with Gasteiger partial charge in [-0.1, -0.05) is 24.3 Å². The zero-order valence-corrected chi connectivity index (χ0v) is 11.5. The zero-order chi connectivity index (χ0) is 14.5. The van der Waals surface area contributed by atoms with Crippen LogP contribution in [-0.2, 0) is 6.18 Å². The SMILES string of the molecule is CC(C)(C)NCCC=Cc1ccc(C(F)(F)F)cc1. The summed E-state index contributed by atoms with van der Waals surface area (Å²) in [4.78, 5) is 0. The summed E-state index contributed by atoms with van der Waals surface area (Å²) in [7, 11) is 0. The molecule has 0 heterocycles. The lowest BCUT2D eigenvalue weighted by atomic mass is 10.1. The first-order valence-electron chi connectivity index (χ1n) is 6.27. The molecule has 0 amide bonds. The molecule has 1 nitrogen and oxygen atoms in total. The summed E-state index contributed by atoms with van der Waals surface area (Å²) in [6.45, 7) is 7.12. The minimum Gasteiger partial charge on any atom is -0.312 e. The maximum Gasteiger partial charge on any atom is 0.416 e. The second-order valence-corrected chi connectivity index (χ2v) is 5.49. The maximum absolute atomic E-state index is 12.4. The van der Waals surface area contributed by atoms with E-state index < -0.39 is 11.7 Å². The quantitative estimate of drug-likeness (QED) is 0.795. The Labute approximate surface area is 112 Å². The molecule has 0 aliphatic rings. The Morgan fingerprint density at radius 3 is 2.11 bits per heavy atom. The Balaban J connectivity index is 2.45. The summed E-state index contributed by atoms with van der Waals surface area (Å²) in [5, 5.41) is 3.34. The van der Waals surface area contributed by atoms with E-state index in [4.69, 9.17) is 0 Å². The highest BCUT2D eigenvalue weighted by atomic mass is 19.4. The first-order chi connectivity index (χ1) is 8.68. The van der Waals surface area contributed by atoms with E-state index in [2.05, 4.69) is 26.1 Å². The summed E-state index contributed by atoms with van der Waals surface area (Å²) >= 11 is 0. The number of nitrogens with one attached hydrogen (secondary N) is 1. The van der Waals surface area contributed by atoms with E-state index in [1.54, 1.807) is 0 Å². The number of halogens is 3. The van der Waals surface area contributed by atoms with Gasteiger partial charge < -0.3 is 5.32 Å². The number of alkyl halides is 3. The molecule has 0 aliphatic heterocycles. The third kappa shape index (κ3) is 6.43. The predicted molar refractivity (Wildman–Crippen MR) is 72.9 cm³/mol. The molecule has 1 aromatic rings. The molecule has 0 radical (unpaired) electrons. The average Bonchev–Trinajstić information content (AvgIpc) is 2.26. The monoisotopic (exact) mass is 271 g/mol. The molecule has 1 rings (SSSR count). The van der Waals surface area contributed by atoms with Crippen LogP contribution in [-0.4, -0.2) is 12.1 Å². The summed E-state index contributed by atoms with van der Waals surface area (Å²) in [6.07, 6.45) is 0.378. The third-order valence-corrected chi connectivity index (χ3v) is 2.51. The van der Waals surface area contributed by atoms with E-state index in [0.717, 1.165) is 30.7 Å². The standard InChI is InChI=1S/C15H20F3N/c1-14(2,3)19-11-5-4-6-12-7-9-13(10-8-12)15(16,17)18/h4,6-10,19H,5,11H2,1-3H3. The minimum atomic E-state index is -4.27. The van der Waals surface area contributed by atoms with Gasteiger partial charge in [-0.25, -0.2) is 0 Å². The van der Waals surface area contributed by atoms with Crippen LogP contribution >= 0.6 is 0 Å². The molecule has 1 N–H and O–H groups in total. The highest BCUT2D eigenvalue weighted by Gasteiger charge is 2.29. The lowest BCUT2D eigenvalue weighted by molar-refractivity contribution is -0.137. The minimum absolute atomic E-state index is 0.0855. The molecule has 0 aromatic heterocycles. The molecule has 0 atom stereocenters. The molecule has 19 heavy (non-hydrogen) atoms. The lowest BCUT2D eigenvalue weighted by Crippen LogP contribution is -2.36. The molecule has 0 unspecified atom stereocenters. The second kappa shape index (κ2) is 6.24. The molecule has 0 saturated carbocycles. The zero-order valence-electron chi connectivity index (χ0n) is 11.5. The van der Waals surface area contributed by atoms with Crippen molar-refractivity contribution in [2.24, 2.45) is 0 Å². The van der Waals surface area contributed by atoms with Crippen LogP contribution in [0, 0.1) is 0 Å². The van der Waals surface area contributed by atoms with Crippen LogP contribution in [0.3, 0.4) is 0 Å². The number of hydrogen-bond donors (Lipinski definition) is 1. The van der Waals surface area contributed by atoms with E-state index in [-0.39, 0.29) is 5.54 Å². The van der Waals surface area contributed by atoms with E-state index >= 15 is 0 Å². The van der Waals surface area contributed by atoms with Crippen LogP contribution in [0.2, 0.25) is 0 Å². The fraction of sp³-hybridized carbons (Fsp3) is 0.467. The Hall–Kier alpha value is -1.29. The molecule has 0 aliphatic carbocycles.